The van der Waals surface area contributed by atoms with E-state index in [9.17, 15) is 0 Å². The predicted molar refractivity (Wildman–Crippen MR) is 73.4 cm³/mol. The molecule has 0 aliphatic rings. The smallest absolute Gasteiger partial charge is 0.0334 e. The third-order valence-corrected chi connectivity index (χ3v) is 3.66. The van der Waals surface area contributed by atoms with Crippen LogP contribution < -0.4 is 11.1 Å². The Morgan fingerprint density at radius 3 is 2.50 bits per heavy atom. The second-order valence-corrected chi connectivity index (χ2v) is 5.79. The summed E-state index contributed by atoms with van der Waals surface area (Å²) < 4.78 is 1.15. The van der Waals surface area contributed by atoms with Crippen LogP contribution in [0.2, 0.25) is 0 Å². The molecule has 0 amide bonds. The van der Waals surface area contributed by atoms with E-state index in [0.717, 1.165) is 10.9 Å². The Hall–Kier alpha value is -0.380. The van der Waals surface area contributed by atoms with Gasteiger partial charge in [0.15, 0.2) is 0 Å². The summed E-state index contributed by atoms with van der Waals surface area (Å²) in [5, 5.41) is 3.36. The van der Waals surface area contributed by atoms with Crippen molar-refractivity contribution >= 4 is 15.9 Å². The van der Waals surface area contributed by atoms with E-state index in [1.165, 1.54) is 5.56 Å². The van der Waals surface area contributed by atoms with E-state index in [2.05, 4.69) is 53.3 Å². The minimum atomic E-state index is 0.156. The van der Waals surface area contributed by atoms with Crippen LogP contribution >= 0.6 is 15.9 Å². The normalized spacial score (nSPS) is 13.8. The SMILES string of the molecule is CNC(CC(C)(C)CN)c1ccccc1Br. The fourth-order valence-electron chi connectivity index (χ4n) is 1.76. The van der Waals surface area contributed by atoms with E-state index in [4.69, 9.17) is 5.73 Å². The van der Waals surface area contributed by atoms with Crippen molar-refractivity contribution < 1.29 is 0 Å². The Bertz CT molecular complexity index is 336. The molecule has 2 nitrogen and oxygen atoms in total. The maximum Gasteiger partial charge on any atom is 0.0334 e. The third-order valence-electron chi connectivity index (χ3n) is 2.94. The maximum absolute atomic E-state index is 5.79. The van der Waals surface area contributed by atoms with Gasteiger partial charge < -0.3 is 11.1 Å². The quantitative estimate of drug-likeness (QED) is 0.872. The van der Waals surface area contributed by atoms with E-state index < -0.39 is 0 Å². The van der Waals surface area contributed by atoms with Crippen LogP contribution in [0.1, 0.15) is 31.9 Å². The largest absolute Gasteiger partial charge is 0.330 e. The number of hydrogen-bond acceptors (Lipinski definition) is 2. The molecule has 1 atom stereocenters. The van der Waals surface area contributed by atoms with Gasteiger partial charge in [-0.25, -0.2) is 0 Å². The zero-order valence-electron chi connectivity index (χ0n) is 10.3. The molecule has 0 aliphatic heterocycles. The molecule has 90 valence electrons. The first-order valence-corrected chi connectivity index (χ1v) is 6.41. The fraction of sp³-hybridized carbons (Fsp3) is 0.538. The number of nitrogens with one attached hydrogen (secondary N) is 1. The van der Waals surface area contributed by atoms with Crippen molar-refractivity contribution in [2.24, 2.45) is 11.1 Å². The van der Waals surface area contributed by atoms with Gasteiger partial charge >= 0.3 is 0 Å². The number of benzene rings is 1. The molecule has 1 aromatic carbocycles. The van der Waals surface area contributed by atoms with E-state index in [1.807, 2.05) is 13.1 Å². The molecule has 0 fully saturated rings. The maximum atomic E-state index is 5.79. The zero-order chi connectivity index (χ0) is 12.2. The van der Waals surface area contributed by atoms with Crippen LogP contribution in [0.4, 0.5) is 0 Å². The molecule has 0 aliphatic carbocycles. The van der Waals surface area contributed by atoms with Crippen molar-refractivity contribution in [2.45, 2.75) is 26.3 Å². The number of hydrogen-bond donors (Lipinski definition) is 2. The summed E-state index contributed by atoms with van der Waals surface area (Å²) >= 11 is 3.60. The lowest BCUT2D eigenvalue weighted by Crippen LogP contribution is -2.30. The number of halogens is 1. The van der Waals surface area contributed by atoms with Gasteiger partial charge in [0, 0.05) is 10.5 Å². The number of rotatable bonds is 5. The summed E-state index contributed by atoms with van der Waals surface area (Å²) in [4.78, 5) is 0. The fourth-order valence-corrected chi connectivity index (χ4v) is 2.32. The first-order valence-electron chi connectivity index (χ1n) is 5.62. The van der Waals surface area contributed by atoms with Crippen molar-refractivity contribution in [3.63, 3.8) is 0 Å². The van der Waals surface area contributed by atoms with E-state index >= 15 is 0 Å². The van der Waals surface area contributed by atoms with E-state index in [0.29, 0.717) is 12.6 Å². The molecular weight excluding hydrogens is 264 g/mol. The molecule has 0 bridgehead atoms. The standard InChI is InChI=1S/C13H21BrN2/c1-13(2,9-15)8-12(16-3)10-6-4-5-7-11(10)14/h4-7,12,16H,8-9,15H2,1-3H3. The van der Waals surface area contributed by atoms with Gasteiger partial charge in [-0.2, -0.15) is 0 Å². The van der Waals surface area contributed by atoms with Crippen LogP contribution in [0.15, 0.2) is 28.7 Å². The van der Waals surface area contributed by atoms with Gasteiger partial charge in [0.2, 0.25) is 0 Å². The van der Waals surface area contributed by atoms with Crippen LogP contribution in [0.25, 0.3) is 0 Å². The molecule has 1 unspecified atom stereocenters. The molecule has 0 saturated heterocycles. The molecule has 1 aromatic rings. The molecule has 0 heterocycles. The van der Waals surface area contributed by atoms with Gasteiger partial charge in [0.25, 0.3) is 0 Å². The van der Waals surface area contributed by atoms with Crippen molar-refractivity contribution in [2.75, 3.05) is 13.6 Å². The molecule has 1 rings (SSSR count). The highest BCUT2D eigenvalue weighted by Crippen LogP contribution is 2.32. The monoisotopic (exact) mass is 284 g/mol. The highest BCUT2D eigenvalue weighted by Gasteiger charge is 2.23. The van der Waals surface area contributed by atoms with E-state index in [1.54, 1.807) is 0 Å². The topological polar surface area (TPSA) is 38.0 Å². The Morgan fingerprint density at radius 2 is 2.00 bits per heavy atom. The first kappa shape index (κ1) is 13.7. The first-order chi connectivity index (χ1) is 7.50. The van der Waals surface area contributed by atoms with Crippen molar-refractivity contribution in [1.29, 1.82) is 0 Å². The van der Waals surface area contributed by atoms with Crippen LogP contribution in [0.5, 0.6) is 0 Å². The van der Waals surface area contributed by atoms with Crippen molar-refractivity contribution in [3.05, 3.63) is 34.3 Å². The molecule has 3 N–H and O–H groups in total. The second-order valence-electron chi connectivity index (χ2n) is 4.94. The molecular formula is C13H21BrN2. The van der Waals surface area contributed by atoms with Crippen molar-refractivity contribution in [3.8, 4) is 0 Å². The molecule has 16 heavy (non-hydrogen) atoms. The molecule has 3 heteroatoms. The highest BCUT2D eigenvalue weighted by atomic mass is 79.9. The van der Waals surface area contributed by atoms with E-state index in [-0.39, 0.29) is 5.41 Å². The Balaban J connectivity index is 2.87. The zero-order valence-corrected chi connectivity index (χ0v) is 11.8. The van der Waals surface area contributed by atoms with Gasteiger partial charge in [-0.05, 0) is 37.1 Å². The summed E-state index contributed by atoms with van der Waals surface area (Å²) in [5.41, 5.74) is 7.24. The molecule has 0 saturated carbocycles. The summed E-state index contributed by atoms with van der Waals surface area (Å²) in [7, 11) is 2.00. The molecule has 0 spiro atoms. The molecule has 0 radical (unpaired) electrons. The summed E-state index contributed by atoms with van der Waals surface area (Å²) in [6.07, 6.45) is 1.03. The van der Waals surface area contributed by atoms with Crippen LogP contribution in [-0.4, -0.2) is 13.6 Å². The lowest BCUT2D eigenvalue weighted by Gasteiger charge is -2.29. The van der Waals surface area contributed by atoms with Gasteiger partial charge in [0.1, 0.15) is 0 Å². The summed E-state index contributed by atoms with van der Waals surface area (Å²) in [6, 6.07) is 8.68. The van der Waals surface area contributed by atoms with Gasteiger partial charge in [0.05, 0.1) is 0 Å². The second kappa shape index (κ2) is 5.80. The van der Waals surface area contributed by atoms with Gasteiger partial charge in [-0.3, -0.25) is 0 Å². The lowest BCUT2D eigenvalue weighted by atomic mass is 9.83. The average Bonchev–Trinajstić information content (AvgIpc) is 2.27. The Labute approximate surface area is 107 Å². The van der Waals surface area contributed by atoms with Gasteiger partial charge in [-0.15, -0.1) is 0 Å². The third kappa shape index (κ3) is 3.58. The van der Waals surface area contributed by atoms with Crippen LogP contribution in [-0.2, 0) is 0 Å². The summed E-state index contributed by atoms with van der Waals surface area (Å²) in [6.45, 7) is 5.11. The lowest BCUT2D eigenvalue weighted by molar-refractivity contribution is 0.298. The van der Waals surface area contributed by atoms with Crippen LogP contribution in [0.3, 0.4) is 0 Å². The minimum Gasteiger partial charge on any atom is -0.330 e. The van der Waals surface area contributed by atoms with Gasteiger partial charge in [-0.1, -0.05) is 48.0 Å². The molecule has 0 aromatic heterocycles. The van der Waals surface area contributed by atoms with Crippen molar-refractivity contribution in [1.82, 2.24) is 5.32 Å². The Morgan fingerprint density at radius 1 is 1.38 bits per heavy atom. The average molecular weight is 285 g/mol. The number of nitrogens with two attached hydrogens (primary N) is 1. The van der Waals surface area contributed by atoms with Crippen LogP contribution in [0, 0.1) is 5.41 Å². The highest BCUT2D eigenvalue weighted by molar-refractivity contribution is 9.10. The predicted octanol–water partition coefficient (Wildman–Crippen LogP) is 3.08. The minimum absolute atomic E-state index is 0.156. The summed E-state index contributed by atoms with van der Waals surface area (Å²) in [5.74, 6) is 0. The Kier molecular flexibility index (Phi) is 4.96.